The van der Waals surface area contributed by atoms with Crippen molar-refractivity contribution >= 4 is 0 Å². The van der Waals surface area contributed by atoms with Gasteiger partial charge in [0.25, 0.3) is 0 Å². The van der Waals surface area contributed by atoms with Gasteiger partial charge in [-0.3, -0.25) is 0 Å². The fourth-order valence-electron chi connectivity index (χ4n) is 1.74. The summed E-state index contributed by atoms with van der Waals surface area (Å²) in [6.45, 7) is -0.0148. The Kier molecular flexibility index (Phi) is 4.06. The average molecular weight is 267 g/mol. The van der Waals surface area contributed by atoms with Crippen molar-refractivity contribution in [2.75, 3.05) is 6.54 Å². The van der Waals surface area contributed by atoms with Crippen LogP contribution in [0.2, 0.25) is 0 Å². The summed E-state index contributed by atoms with van der Waals surface area (Å²) in [6, 6.07) is 8.73. The van der Waals surface area contributed by atoms with Crippen LogP contribution in [0.4, 0.5) is 13.2 Å². The minimum atomic E-state index is -0.803. The van der Waals surface area contributed by atoms with Gasteiger partial charge in [-0.2, -0.15) is 0 Å². The first-order chi connectivity index (χ1) is 9.10. The molecule has 2 rings (SSSR count). The lowest BCUT2D eigenvalue weighted by Crippen LogP contribution is -2.19. The molecule has 0 fully saturated rings. The van der Waals surface area contributed by atoms with E-state index in [1.165, 1.54) is 18.2 Å². The van der Waals surface area contributed by atoms with Crippen LogP contribution in [0.25, 0.3) is 0 Å². The Morgan fingerprint density at radius 2 is 1.63 bits per heavy atom. The van der Waals surface area contributed by atoms with Crippen LogP contribution in [0.15, 0.2) is 42.5 Å². The highest BCUT2D eigenvalue weighted by atomic mass is 19.1. The fraction of sp³-hybridized carbons (Fsp3) is 0.143. The van der Waals surface area contributed by atoms with E-state index in [0.717, 1.165) is 18.2 Å². The van der Waals surface area contributed by atoms with Crippen LogP contribution >= 0.6 is 0 Å². The van der Waals surface area contributed by atoms with E-state index in [2.05, 4.69) is 0 Å². The number of benzene rings is 2. The van der Waals surface area contributed by atoms with Gasteiger partial charge in [0.15, 0.2) is 0 Å². The molecule has 0 aliphatic carbocycles. The number of halogens is 3. The SMILES string of the molecule is NCC(Oc1cc(F)cc(F)c1)c1ccccc1F. The molecule has 0 amide bonds. The normalized spacial score (nSPS) is 12.2. The minimum absolute atomic E-state index is 0.0148. The van der Waals surface area contributed by atoms with Gasteiger partial charge < -0.3 is 10.5 Å². The van der Waals surface area contributed by atoms with Crippen LogP contribution in [0.3, 0.4) is 0 Å². The Bertz CT molecular complexity index is 554. The molecule has 1 atom stereocenters. The van der Waals surface area contributed by atoms with E-state index in [-0.39, 0.29) is 17.9 Å². The Morgan fingerprint density at radius 3 is 2.21 bits per heavy atom. The van der Waals surface area contributed by atoms with Crippen molar-refractivity contribution in [1.29, 1.82) is 0 Å². The van der Waals surface area contributed by atoms with Crippen molar-refractivity contribution in [3.63, 3.8) is 0 Å². The van der Waals surface area contributed by atoms with Gasteiger partial charge in [-0.1, -0.05) is 18.2 Å². The average Bonchev–Trinajstić information content (AvgIpc) is 2.36. The van der Waals surface area contributed by atoms with Crippen molar-refractivity contribution in [1.82, 2.24) is 0 Å². The first kappa shape index (κ1) is 13.4. The third kappa shape index (κ3) is 3.26. The summed E-state index contributed by atoms with van der Waals surface area (Å²) in [5, 5.41) is 0. The number of nitrogens with two attached hydrogens (primary N) is 1. The second-order valence-corrected chi connectivity index (χ2v) is 3.97. The second-order valence-electron chi connectivity index (χ2n) is 3.97. The zero-order chi connectivity index (χ0) is 13.8. The first-order valence-electron chi connectivity index (χ1n) is 5.67. The number of ether oxygens (including phenoxy) is 1. The van der Waals surface area contributed by atoms with Gasteiger partial charge in [-0.05, 0) is 6.07 Å². The van der Waals surface area contributed by atoms with Crippen LogP contribution in [0, 0.1) is 17.5 Å². The largest absolute Gasteiger partial charge is 0.484 e. The molecule has 0 heterocycles. The van der Waals surface area contributed by atoms with Crippen LogP contribution < -0.4 is 10.5 Å². The Labute approximate surface area is 108 Å². The van der Waals surface area contributed by atoms with Crippen molar-refractivity contribution in [2.24, 2.45) is 5.73 Å². The van der Waals surface area contributed by atoms with E-state index in [1.807, 2.05) is 0 Å². The molecule has 100 valence electrons. The standard InChI is InChI=1S/C14H12F3NO/c15-9-5-10(16)7-11(6-9)19-14(8-18)12-3-1-2-4-13(12)17/h1-7,14H,8,18H2. The Morgan fingerprint density at radius 1 is 1.00 bits per heavy atom. The molecule has 2 nitrogen and oxygen atoms in total. The summed E-state index contributed by atoms with van der Waals surface area (Å²) in [5.41, 5.74) is 5.76. The van der Waals surface area contributed by atoms with E-state index in [4.69, 9.17) is 10.5 Å². The smallest absolute Gasteiger partial charge is 0.139 e. The molecule has 2 aromatic carbocycles. The van der Waals surface area contributed by atoms with Crippen LogP contribution in [0.5, 0.6) is 5.75 Å². The molecule has 19 heavy (non-hydrogen) atoms. The molecule has 0 saturated heterocycles. The van der Waals surface area contributed by atoms with Crippen molar-refractivity contribution in [2.45, 2.75) is 6.10 Å². The molecule has 0 aliphatic rings. The molecule has 0 aliphatic heterocycles. The number of hydrogen-bond donors (Lipinski definition) is 1. The highest BCUT2D eigenvalue weighted by molar-refractivity contribution is 5.27. The topological polar surface area (TPSA) is 35.2 Å². The molecular weight excluding hydrogens is 255 g/mol. The van der Waals surface area contributed by atoms with Crippen molar-refractivity contribution < 1.29 is 17.9 Å². The van der Waals surface area contributed by atoms with E-state index in [0.29, 0.717) is 0 Å². The molecule has 0 aromatic heterocycles. The number of hydrogen-bond acceptors (Lipinski definition) is 2. The molecule has 2 aromatic rings. The fourth-order valence-corrected chi connectivity index (χ4v) is 1.74. The van der Waals surface area contributed by atoms with Crippen molar-refractivity contribution in [3.8, 4) is 5.75 Å². The highest BCUT2D eigenvalue weighted by Gasteiger charge is 2.16. The lowest BCUT2D eigenvalue weighted by atomic mass is 10.1. The molecule has 5 heteroatoms. The zero-order valence-electron chi connectivity index (χ0n) is 9.95. The van der Waals surface area contributed by atoms with Crippen molar-refractivity contribution in [3.05, 3.63) is 65.5 Å². The van der Waals surface area contributed by atoms with Crippen LogP contribution in [0.1, 0.15) is 11.7 Å². The second kappa shape index (κ2) is 5.75. The monoisotopic (exact) mass is 267 g/mol. The molecule has 2 N–H and O–H groups in total. The quantitative estimate of drug-likeness (QED) is 0.923. The first-order valence-corrected chi connectivity index (χ1v) is 5.67. The van der Waals surface area contributed by atoms with Gasteiger partial charge in [-0.15, -0.1) is 0 Å². The zero-order valence-corrected chi connectivity index (χ0v) is 9.95. The summed E-state index contributed by atoms with van der Waals surface area (Å²) in [7, 11) is 0. The summed E-state index contributed by atoms with van der Waals surface area (Å²) in [6.07, 6.45) is -0.803. The van der Waals surface area contributed by atoms with E-state index in [1.54, 1.807) is 6.07 Å². The van der Waals surface area contributed by atoms with Gasteiger partial charge in [0.05, 0.1) is 0 Å². The van der Waals surface area contributed by atoms with Crippen LogP contribution in [-0.4, -0.2) is 6.54 Å². The molecule has 1 unspecified atom stereocenters. The third-order valence-electron chi connectivity index (χ3n) is 2.58. The van der Waals surface area contributed by atoms with Gasteiger partial charge in [-0.25, -0.2) is 13.2 Å². The van der Waals surface area contributed by atoms with Gasteiger partial charge in [0.1, 0.15) is 29.3 Å². The highest BCUT2D eigenvalue weighted by Crippen LogP contribution is 2.24. The summed E-state index contributed by atoms with van der Waals surface area (Å²) in [4.78, 5) is 0. The molecule has 0 bridgehead atoms. The Hall–Kier alpha value is -2.01. The molecular formula is C14H12F3NO. The lowest BCUT2D eigenvalue weighted by molar-refractivity contribution is 0.207. The predicted octanol–water partition coefficient (Wildman–Crippen LogP) is 3.18. The van der Waals surface area contributed by atoms with Gasteiger partial charge in [0, 0.05) is 30.3 Å². The summed E-state index contributed by atoms with van der Waals surface area (Å²) < 4.78 is 45.0. The maximum atomic E-state index is 13.6. The Balaban J connectivity index is 2.26. The van der Waals surface area contributed by atoms with Crippen LogP contribution in [-0.2, 0) is 0 Å². The third-order valence-corrected chi connectivity index (χ3v) is 2.58. The summed E-state index contributed by atoms with van der Waals surface area (Å²) in [5.74, 6) is -2.04. The maximum absolute atomic E-state index is 13.6. The van der Waals surface area contributed by atoms with E-state index >= 15 is 0 Å². The summed E-state index contributed by atoms with van der Waals surface area (Å²) >= 11 is 0. The molecule has 0 spiro atoms. The van der Waals surface area contributed by atoms with Gasteiger partial charge >= 0.3 is 0 Å². The minimum Gasteiger partial charge on any atom is -0.484 e. The van der Waals surface area contributed by atoms with E-state index in [9.17, 15) is 13.2 Å². The lowest BCUT2D eigenvalue weighted by Gasteiger charge is -2.18. The molecule has 0 saturated carbocycles. The van der Waals surface area contributed by atoms with E-state index < -0.39 is 23.6 Å². The predicted molar refractivity (Wildman–Crippen MR) is 65.2 cm³/mol. The molecule has 0 radical (unpaired) electrons. The van der Waals surface area contributed by atoms with Gasteiger partial charge in [0.2, 0.25) is 0 Å². The maximum Gasteiger partial charge on any atom is 0.139 e. The number of rotatable bonds is 4.